The number of methoxy groups -OCH3 is 1. The summed E-state index contributed by atoms with van der Waals surface area (Å²) in [7, 11) is 1.41. The molecule has 0 saturated carbocycles. The van der Waals surface area contributed by atoms with E-state index in [1.54, 1.807) is 0 Å². The number of hydrogen-bond acceptors (Lipinski definition) is 4. The number of rotatable bonds is 12. The lowest BCUT2D eigenvalue weighted by atomic mass is 9.88. The summed E-state index contributed by atoms with van der Waals surface area (Å²) in [5.41, 5.74) is 2.68. The van der Waals surface area contributed by atoms with Crippen LogP contribution in [-0.4, -0.2) is 24.8 Å². The normalized spacial score (nSPS) is 23.9. The van der Waals surface area contributed by atoms with Gasteiger partial charge in [-0.15, -0.1) is 0 Å². The standard InChI is InChI=1S/C24H42O4/c1-19(2)13-12-15-20(3)14-10-8-7-9-11-17-24(5)18-16-22(27-28-24)21(4)23(25)26-6/h13-14,21-22H,7-12,15-18H2,1-6H3/b20-14+/t21-,22+,24-/m1/s1. The zero-order chi connectivity index (χ0) is 21.0. The minimum Gasteiger partial charge on any atom is -0.469 e. The van der Waals surface area contributed by atoms with E-state index in [0.29, 0.717) is 0 Å². The minimum absolute atomic E-state index is 0.202. The van der Waals surface area contributed by atoms with Crippen LogP contribution in [0.4, 0.5) is 0 Å². The Kier molecular flexibility index (Phi) is 11.7. The van der Waals surface area contributed by atoms with Gasteiger partial charge in [0.2, 0.25) is 0 Å². The summed E-state index contributed by atoms with van der Waals surface area (Å²) >= 11 is 0. The van der Waals surface area contributed by atoms with Gasteiger partial charge in [-0.25, -0.2) is 9.78 Å². The third-order valence-corrected chi connectivity index (χ3v) is 5.71. The third kappa shape index (κ3) is 9.88. The van der Waals surface area contributed by atoms with E-state index in [0.717, 1.165) is 32.1 Å². The number of carbonyl (C=O) groups excluding carboxylic acids is 1. The van der Waals surface area contributed by atoms with Crippen molar-refractivity contribution in [3.63, 3.8) is 0 Å². The van der Waals surface area contributed by atoms with Gasteiger partial charge >= 0.3 is 5.97 Å². The molecule has 4 heteroatoms. The van der Waals surface area contributed by atoms with Crippen molar-refractivity contribution >= 4 is 5.97 Å². The number of carbonyl (C=O) groups is 1. The molecule has 0 bridgehead atoms. The maximum Gasteiger partial charge on any atom is 0.311 e. The highest BCUT2D eigenvalue weighted by Crippen LogP contribution is 2.34. The lowest BCUT2D eigenvalue weighted by Crippen LogP contribution is -2.41. The van der Waals surface area contributed by atoms with E-state index in [2.05, 4.69) is 39.8 Å². The topological polar surface area (TPSA) is 44.8 Å². The molecule has 0 aromatic heterocycles. The molecule has 1 heterocycles. The summed E-state index contributed by atoms with van der Waals surface area (Å²) in [4.78, 5) is 22.8. The van der Waals surface area contributed by atoms with Gasteiger partial charge in [-0.3, -0.25) is 4.79 Å². The van der Waals surface area contributed by atoms with E-state index in [4.69, 9.17) is 14.5 Å². The first kappa shape index (κ1) is 24.9. The highest BCUT2D eigenvalue weighted by Gasteiger charge is 2.37. The average molecular weight is 395 g/mol. The zero-order valence-corrected chi connectivity index (χ0v) is 19.0. The molecule has 0 aromatic carbocycles. The Labute approximate surface area is 172 Å². The van der Waals surface area contributed by atoms with Crippen LogP contribution in [0.1, 0.15) is 98.8 Å². The minimum atomic E-state index is -0.284. The molecule has 1 saturated heterocycles. The summed E-state index contributed by atoms with van der Waals surface area (Å²) in [5, 5.41) is 0. The summed E-state index contributed by atoms with van der Waals surface area (Å²) in [6, 6.07) is 0. The fraction of sp³-hybridized carbons (Fsp3) is 0.792. The van der Waals surface area contributed by atoms with Crippen LogP contribution in [0, 0.1) is 5.92 Å². The fourth-order valence-corrected chi connectivity index (χ4v) is 3.59. The monoisotopic (exact) mass is 394 g/mol. The van der Waals surface area contributed by atoms with Crippen molar-refractivity contribution in [3.8, 4) is 0 Å². The van der Waals surface area contributed by atoms with E-state index < -0.39 is 0 Å². The lowest BCUT2D eigenvalue weighted by molar-refractivity contribution is -0.411. The summed E-state index contributed by atoms with van der Waals surface area (Å²) in [5.74, 6) is -0.522. The van der Waals surface area contributed by atoms with Gasteiger partial charge in [0.1, 0.15) is 11.7 Å². The molecule has 0 radical (unpaired) electrons. The van der Waals surface area contributed by atoms with E-state index in [-0.39, 0.29) is 23.6 Å². The number of esters is 1. The van der Waals surface area contributed by atoms with Crippen LogP contribution in [0.2, 0.25) is 0 Å². The average Bonchev–Trinajstić information content (AvgIpc) is 2.66. The number of hydrogen-bond donors (Lipinski definition) is 0. The molecule has 0 spiro atoms. The molecule has 28 heavy (non-hydrogen) atoms. The van der Waals surface area contributed by atoms with Gasteiger partial charge in [-0.1, -0.05) is 42.6 Å². The molecule has 0 N–H and O–H groups in total. The van der Waals surface area contributed by atoms with Crippen molar-refractivity contribution in [1.29, 1.82) is 0 Å². The van der Waals surface area contributed by atoms with Gasteiger partial charge in [-0.2, -0.15) is 0 Å². The maximum absolute atomic E-state index is 11.6. The Morgan fingerprint density at radius 3 is 2.46 bits per heavy atom. The third-order valence-electron chi connectivity index (χ3n) is 5.71. The Morgan fingerprint density at radius 2 is 1.86 bits per heavy atom. The molecule has 1 aliphatic heterocycles. The Hall–Kier alpha value is -1.13. The van der Waals surface area contributed by atoms with Gasteiger partial charge in [0, 0.05) is 0 Å². The van der Waals surface area contributed by atoms with E-state index in [1.165, 1.54) is 50.4 Å². The van der Waals surface area contributed by atoms with Crippen molar-refractivity contribution in [2.45, 2.75) is 111 Å². The summed E-state index contributed by atoms with van der Waals surface area (Å²) < 4.78 is 4.79. The van der Waals surface area contributed by atoms with Crippen LogP contribution >= 0.6 is 0 Å². The maximum atomic E-state index is 11.6. The Balaban J connectivity index is 2.13. The molecular formula is C24H42O4. The Morgan fingerprint density at radius 1 is 1.14 bits per heavy atom. The van der Waals surface area contributed by atoms with Gasteiger partial charge in [-0.05, 0) is 79.6 Å². The van der Waals surface area contributed by atoms with Crippen LogP contribution in [0.25, 0.3) is 0 Å². The quantitative estimate of drug-likeness (QED) is 0.160. The van der Waals surface area contributed by atoms with Gasteiger partial charge < -0.3 is 4.74 Å². The molecule has 0 unspecified atom stereocenters. The molecule has 3 atom stereocenters. The van der Waals surface area contributed by atoms with Crippen molar-refractivity contribution in [3.05, 3.63) is 23.3 Å². The molecule has 162 valence electrons. The highest BCUT2D eigenvalue weighted by molar-refractivity contribution is 5.72. The molecule has 0 amide bonds. The van der Waals surface area contributed by atoms with Gasteiger partial charge in [0.25, 0.3) is 0 Å². The molecule has 4 nitrogen and oxygen atoms in total. The molecule has 1 aliphatic rings. The van der Waals surface area contributed by atoms with Crippen LogP contribution in [0.3, 0.4) is 0 Å². The summed E-state index contributed by atoms with van der Waals surface area (Å²) in [6.45, 7) is 10.5. The summed E-state index contributed by atoms with van der Waals surface area (Å²) in [6.07, 6.45) is 15.7. The number of unbranched alkanes of at least 4 members (excludes halogenated alkanes) is 4. The van der Waals surface area contributed by atoms with E-state index in [9.17, 15) is 4.79 Å². The van der Waals surface area contributed by atoms with E-state index >= 15 is 0 Å². The van der Waals surface area contributed by atoms with Gasteiger partial charge in [0.05, 0.1) is 13.0 Å². The zero-order valence-electron chi connectivity index (χ0n) is 19.0. The van der Waals surface area contributed by atoms with Crippen LogP contribution in [-0.2, 0) is 19.3 Å². The molecule has 1 fully saturated rings. The van der Waals surface area contributed by atoms with Crippen molar-refractivity contribution in [2.75, 3.05) is 7.11 Å². The first-order valence-corrected chi connectivity index (χ1v) is 11.0. The second-order valence-electron chi connectivity index (χ2n) is 8.84. The predicted molar refractivity (Wildman–Crippen MR) is 115 cm³/mol. The lowest BCUT2D eigenvalue weighted by Gasteiger charge is -2.37. The second kappa shape index (κ2) is 13.2. The van der Waals surface area contributed by atoms with Gasteiger partial charge in [0.15, 0.2) is 0 Å². The Bertz CT molecular complexity index is 509. The van der Waals surface area contributed by atoms with Crippen LogP contribution in [0.5, 0.6) is 0 Å². The second-order valence-corrected chi connectivity index (χ2v) is 8.84. The molecule has 0 aliphatic carbocycles. The fourth-order valence-electron chi connectivity index (χ4n) is 3.59. The first-order chi connectivity index (χ1) is 13.3. The molecule has 1 rings (SSSR count). The largest absolute Gasteiger partial charge is 0.469 e. The SMILES string of the molecule is COC(=O)[C@H](C)[C@@H]1CC[C@@](C)(CCCCCC/C=C(\C)CCC=C(C)C)OO1. The van der Waals surface area contributed by atoms with Crippen LogP contribution in [0.15, 0.2) is 23.3 Å². The number of allylic oxidation sites excluding steroid dienone is 4. The molecular weight excluding hydrogens is 352 g/mol. The van der Waals surface area contributed by atoms with Crippen LogP contribution < -0.4 is 0 Å². The van der Waals surface area contributed by atoms with E-state index in [1.807, 2.05) is 6.92 Å². The first-order valence-electron chi connectivity index (χ1n) is 11.0. The van der Waals surface area contributed by atoms with Crippen molar-refractivity contribution in [1.82, 2.24) is 0 Å². The highest BCUT2D eigenvalue weighted by atomic mass is 17.2. The predicted octanol–water partition coefficient (Wildman–Crippen LogP) is 6.70. The van der Waals surface area contributed by atoms with Crippen molar-refractivity contribution in [2.24, 2.45) is 5.92 Å². The number of ether oxygens (including phenoxy) is 1. The van der Waals surface area contributed by atoms with Crippen molar-refractivity contribution < 1.29 is 19.3 Å². The molecule has 0 aromatic rings. The smallest absolute Gasteiger partial charge is 0.311 e.